The number of hydrogen-bond donors (Lipinski definition) is 2. The molecule has 5 heteroatoms. The zero-order valence-electron chi connectivity index (χ0n) is 17.0. The van der Waals surface area contributed by atoms with Gasteiger partial charge < -0.3 is 15.5 Å². The first-order valence-electron chi connectivity index (χ1n) is 9.76. The lowest BCUT2D eigenvalue weighted by Gasteiger charge is -2.34. The minimum absolute atomic E-state index is 0.180. The van der Waals surface area contributed by atoms with Crippen LogP contribution in [0.1, 0.15) is 46.1 Å². The van der Waals surface area contributed by atoms with E-state index < -0.39 is 0 Å². The quantitative estimate of drug-likeness (QED) is 0.602. The van der Waals surface area contributed by atoms with E-state index in [-0.39, 0.29) is 11.2 Å². The molecular weight excluding hydrogens is 327 g/mol. The molecule has 4 nitrogen and oxygen atoms in total. The average molecular weight is 363 g/mol. The number of nitrogens with one attached hydrogen (secondary N) is 2. The van der Waals surface area contributed by atoms with Gasteiger partial charge in [0, 0.05) is 44.7 Å². The Hall–Kier alpha value is -1.62. The predicted molar refractivity (Wildman–Crippen MR) is 108 cm³/mol. The maximum Gasteiger partial charge on any atom is 0.191 e. The third kappa shape index (κ3) is 6.27. The summed E-state index contributed by atoms with van der Waals surface area (Å²) in [5, 5.41) is 6.97. The Labute approximate surface area is 158 Å². The molecule has 0 atom stereocenters. The predicted octanol–water partition coefficient (Wildman–Crippen LogP) is 3.39. The number of nitrogens with zero attached hydrogens (tertiary/aromatic N) is 2. The van der Waals surface area contributed by atoms with Crippen molar-refractivity contribution in [1.82, 2.24) is 15.5 Å². The first kappa shape index (κ1) is 20.7. The molecule has 0 aromatic heterocycles. The second-order valence-corrected chi connectivity index (χ2v) is 8.43. The minimum Gasteiger partial charge on any atom is -0.356 e. The Kier molecular flexibility index (Phi) is 7.44. The lowest BCUT2D eigenvalue weighted by molar-refractivity contribution is 0.187. The monoisotopic (exact) mass is 362 g/mol. The van der Waals surface area contributed by atoms with Crippen LogP contribution < -0.4 is 10.6 Å². The Bertz CT molecular complexity index is 589. The number of benzene rings is 1. The first-order chi connectivity index (χ1) is 12.3. The van der Waals surface area contributed by atoms with Gasteiger partial charge in [-0.2, -0.15) is 0 Å². The van der Waals surface area contributed by atoms with Crippen LogP contribution in [0.3, 0.4) is 0 Å². The largest absolute Gasteiger partial charge is 0.356 e. The van der Waals surface area contributed by atoms with Crippen molar-refractivity contribution in [2.24, 2.45) is 10.9 Å². The van der Waals surface area contributed by atoms with Crippen LogP contribution in [-0.4, -0.2) is 50.1 Å². The van der Waals surface area contributed by atoms with Crippen molar-refractivity contribution in [3.8, 4) is 0 Å². The standard InChI is InChI=1S/C21H35FN4/c1-16(2)14-26-11-9-19(10-12-26)25-20(23-5)24-15-21(3,4)17-7-6-8-18(22)13-17/h6-8,13,16,19H,9-12,14-15H2,1-5H3,(H2,23,24,25). The molecule has 2 N–H and O–H groups in total. The van der Waals surface area contributed by atoms with Crippen molar-refractivity contribution in [2.45, 2.75) is 52.0 Å². The van der Waals surface area contributed by atoms with Gasteiger partial charge in [-0.05, 0) is 36.5 Å². The number of halogens is 1. The highest BCUT2D eigenvalue weighted by atomic mass is 19.1. The molecule has 1 fully saturated rings. The Balaban J connectivity index is 1.83. The number of piperidine rings is 1. The topological polar surface area (TPSA) is 39.7 Å². The van der Waals surface area contributed by atoms with E-state index in [0.29, 0.717) is 12.6 Å². The van der Waals surface area contributed by atoms with Crippen LogP contribution in [-0.2, 0) is 5.41 Å². The normalized spacial score (nSPS) is 17.6. The van der Waals surface area contributed by atoms with Crippen molar-refractivity contribution in [1.29, 1.82) is 0 Å². The molecule has 0 spiro atoms. The van der Waals surface area contributed by atoms with E-state index in [1.807, 2.05) is 6.07 Å². The van der Waals surface area contributed by atoms with Gasteiger partial charge >= 0.3 is 0 Å². The summed E-state index contributed by atoms with van der Waals surface area (Å²) in [5.74, 6) is 1.36. The zero-order valence-corrected chi connectivity index (χ0v) is 17.0. The van der Waals surface area contributed by atoms with Gasteiger partial charge in [0.2, 0.25) is 0 Å². The molecular formula is C21H35FN4. The molecule has 26 heavy (non-hydrogen) atoms. The highest BCUT2D eigenvalue weighted by Crippen LogP contribution is 2.22. The number of likely N-dealkylation sites (tertiary alicyclic amines) is 1. The van der Waals surface area contributed by atoms with Crippen LogP contribution in [0.4, 0.5) is 4.39 Å². The van der Waals surface area contributed by atoms with Crippen molar-refractivity contribution in [2.75, 3.05) is 33.2 Å². The van der Waals surface area contributed by atoms with Gasteiger partial charge in [-0.15, -0.1) is 0 Å². The van der Waals surface area contributed by atoms with E-state index in [4.69, 9.17) is 0 Å². The molecule has 1 aliphatic heterocycles. The van der Waals surface area contributed by atoms with Crippen LogP contribution in [0.2, 0.25) is 0 Å². The van der Waals surface area contributed by atoms with Crippen molar-refractivity contribution >= 4 is 5.96 Å². The fourth-order valence-corrected chi connectivity index (χ4v) is 3.48. The van der Waals surface area contributed by atoms with Gasteiger partial charge in [-0.25, -0.2) is 4.39 Å². The van der Waals surface area contributed by atoms with E-state index in [9.17, 15) is 4.39 Å². The number of rotatable bonds is 6. The van der Waals surface area contributed by atoms with Gasteiger partial charge in [0.05, 0.1) is 0 Å². The summed E-state index contributed by atoms with van der Waals surface area (Å²) in [7, 11) is 1.80. The number of hydrogen-bond acceptors (Lipinski definition) is 2. The highest BCUT2D eigenvalue weighted by molar-refractivity contribution is 5.80. The third-order valence-electron chi connectivity index (χ3n) is 5.08. The molecule has 0 bridgehead atoms. The molecule has 0 amide bonds. The summed E-state index contributed by atoms with van der Waals surface area (Å²) < 4.78 is 13.5. The minimum atomic E-state index is -0.189. The molecule has 1 heterocycles. The fraction of sp³-hybridized carbons (Fsp3) is 0.667. The summed E-state index contributed by atoms with van der Waals surface area (Å²) in [5.41, 5.74) is 0.808. The Morgan fingerprint density at radius 1 is 1.31 bits per heavy atom. The molecule has 1 aromatic rings. The second kappa shape index (κ2) is 9.36. The van der Waals surface area contributed by atoms with Crippen LogP contribution >= 0.6 is 0 Å². The second-order valence-electron chi connectivity index (χ2n) is 8.43. The summed E-state index contributed by atoms with van der Waals surface area (Å²) in [6.45, 7) is 12.9. The molecule has 0 aliphatic carbocycles. The van der Waals surface area contributed by atoms with Crippen molar-refractivity contribution < 1.29 is 4.39 Å². The van der Waals surface area contributed by atoms with Gasteiger partial charge in [-0.3, -0.25) is 4.99 Å². The van der Waals surface area contributed by atoms with Crippen molar-refractivity contribution in [3.63, 3.8) is 0 Å². The van der Waals surface area contributed by atoms with Crippen LogP contribution in [0.15, 0.2) is 29.3 Å². The van der Waals surface area contributed by atoms with Crippen molar-refractivity contribution in [3.05, 3.63) is 35.6 Å². The summed E-state index contributed by atoms with van der Waals surface area (Å²) in [4.78, 5) is 6.92. The van der Waals surface area contributed by atoms with Crippen LogP contribution in [0.5, 0.6) is 0 Å². The fourth-order valence-electron chi connectivity index (χ4n) is 3.48. The van der Waals surface area contributed by atoms with Crippen LogP contribution in [0.25, 0.3) is 0 Å². The average Bonchev–Trinajstić information content (AvgIpc) is 2.59. The van der Waals surface area contributed by atoms with Gasteiger partial charge in [-0.1, -0.05) is 39.8 Å². The van der Waals surface area contributed by atoms with E-state index in [0.717, 1.165) is 43.4 Å². The van der Waals surface area contributed by atoms with Crippen LogP contribution in [0, 0.1) is 11.7 Å². The smallest absolute Gasteiger partial charge is 0.191 e. The zero-order chi connectivity index (χ0) is 19.2. The van der Waals surface area contributed by atoms with Gasteiger partial charge in [0.15, 0.2) is 5.96 Å². The number of aliphatic imine (C=N–C) groups is 1. The molecule has 0 unspecified atom stereocenters. The van der Waals surface area contributed by atoms with E-state index in [1.165, 1.54) is 12.6 Å². The van der Waals surface area contributed by atoms with E-state index in [1.54, 1.807) is 19.2 Å². The van der Waals surface area contributed by atoms with E-state index in [2.05, 4.69) is 48.2 Å². The SMILES string of the molecule is CN=C(NCC(C)(C)c1cccc(F)c1)NC1CCN(CC(C)C)CC1. The Morgan fingerprint density at radius 3 is 2.58 bits per heavy atom. The summed E-state index contributed by atoms with van der Waals surface area (Å²) in [6.07, 6.45) is 2.28. The molecule has 1 aromatic carbocycles. The molecule has 146 valence electrons. The maximum atomic E-state index is 13.5. The lowest BCUT2D eigenvalue weighted by Crippen LogP contribution is -2.50. The lowest BCUT2D eigenvalue weighted by atomic mass is 9.84. The molecule has 2 rings (SSSR count). The Morgan fingerprint density at radius 2 is 2.00 bits per heavy atom. The third-order valence-corrected chi connectivity index (χ3v) is 5.08. The highest BCUT2D eigenvalue weighted by Gasteiger charge is 2.23. The summed E-state index contributed by atoms with van der Waals surface area (Å²) in [6, 6.07) is 7.30. The first-order valence-corrected chi connectivity index (χ1v) is 9.76. The van der Waals surface area contributed by atoms with Gasteiger partial charge in [0.25, 0.3) is 0 Å². The molecule has 1 saturated heterocycles. The van der Waals surface area contributed by atoms with E-state index >= 15 is 0 Å². The van der Waals surface area contributed by atoms with Gasteiger partial charge in [0.1, 0.15) is 5.82 Å². The summed E-state index contributed by atoms with van der Waals surface area (Å²) >= 11 is 0. The molecule has 1 aliphatic rings. The molecule has 0 radical (unpaired) electrons. The number of guanidine groups is 1. The molecule has 0 saturated carbocycles. The maximum absolute atomic E-state index is 13.5.